The van der Waals surface area contributed by atoms with Crippen molar-refractivity contribution in [2.45, 2.75) is 23.8 Å². The number of sulfonamides is 1. The van der Waals surface area contributed by atoms with Crippen LogP contribution in [-0.4, -0.2) is 55.1 Å². The molecule has 0 radical (unpaired) electrons. The van der Waals surface area contributed by atoms with Crippen molar-refractivity contribution in [2.75, 3.05) is 25.4 Å². The van der Waals surface area contributed by atoms with Gasteiger partial charge in [-0.1, -0.05) is 0 Å². The molecule has 1 aromatic heterocycles. The van der Waals surface area contributed by atoms with Gasteiger partial charge >= 0.3 is 0 Å². The molecule has 0 aromatic carbocycles. The zero-order chi connectivity index (χ0) is 14.8. The third kappa shape index (κ3) is 3.46. The fourth-order valence-corrected chi connectivity index (χ4v) is 3.54. The van der Waals surface area contributed by atoms with Crippen molar-refractivity contribution in [3.05, 3.63) is 6.20 Å². The highest BCUT2D eigenvalue weighted by Crippen LogP contribution is 2.17. The lowest BCUT2D eigenvalue weighted by Crippen LogP contribution is -2.46. The van der Waals surface area contributed by atoms with Crippen LogP contribution in [0.3, 0.4) is 0 Å². The van der Waals surface area contributed by atoms with E-state index in [4.69, 9.17) is 11.5 Å². The minimum atomic E-state index is -3.67. The van der Waals surface area contributed by atoms with E-state index >= 15 is 0 Å². The van der Waals surface area contributed by atoms with Gasteiger partial charge in [-0.25, -0.2) is 13.1 Å². The smallest absolute Gasteiger partial charge is 0.246 e. The van der Waals surface area contributed by atoms with Gasteiger partial charge in [0.2, 0.25) is 15.9 Å². The molecule has 1 aliphatic heterocycles. The number of carbonyl (C=O) groups is 1. The Morgan fingerprint density at radius 3 is 2.65 bits per heavy atom. The molecule has 0 aliphatic carbocycles. The van der Waals surface area contributed by atoms with Gasteiger partial charge in [0.15, 0.2) is 0 Å². The van der Waals surface area contributed by atoms with Crippen LogP contribution in [-0.2, 0) is 14.8 Å². The predicted octanol–water partition coefficient (Wildman–Crippen LogP) is -1.78. The first kappa shape index (κ1) is 14.8. The Balaban J connectivity index is 1.93. The summed E-state index contributed by atoms with van der Waals surface area (Å²) in [6.07, 6.45) is 2.41. The summed E-state index contributed by atoms with van der Waals surface area (Å²) >= 11 is 0. The lowest BCUT2D eigenvalue weighted by atomic mass is 10.1. The SMILES string of the molecule is NC(=O)CN1CCC(NS(=O)(=O)c2cn[nH]c2N)CC1. The molecule has 1 aliphatic rings. The molecule has 1 aromatic rings. The summed E-state index contributed by atoms with van der Waals surface area (Å²) in [5.74, 6) is -0.362. The summed E-state index contributed by atoms with van der Waals surface area (Å²) in [5.41, 5.74) is 10.6. The molecule has 10 heteroatoms. The quantitative estimate of drug-likeness (QED) is 0.505. The van der Waals surface area contributed by atoms with E-state index in [1.165, 1.54) is 6.20 Å². The number of likely N-dealkylation sites (tertiary alicyclic amines) is 1. The van der Waals surface area contributed by atoms with Gasteiger partial charge in [0, 0.05) is 19.1 Å². The minimum Gasteiger partial charge on any atom is -0.383 e. The Bertz CT molecular complexity index is 576. The molecule has 1 fully saturated rings. The zero-order valence-electron chi connectivity index (χ0n) is 10.9. The zero-order valence-corrected chi connectivity index (χ0v) is 11.7. The number of nitrogen functional groups attached to an aromatic ring is 1. The summed E-state index contributed by atoms with van der Waals surface area (Å²) in [5, 5.41) is 5.99. The average Bonchev–Trinajstić information content (AvgIpc) is 2.78. The second kappa shape index (κ2) is 5.77. The maximum atomic E-state index is 12.1. The number of nitrogens with two attached hydrogens (primary N) is 2. The van der Waals surface area contributed by atoms with E-state index in [1.807, 2.05) is 4.90 Å². The van der Waals surface area contributed by atoms with Gasteiger partial charge in [0.1, 0.15) is 10.7 Å². The van der Waals surface area contributed by atoms with Crippen molar-refractivity contribution in [3.63, 3.8) is 0 Å². The number of amides is 1. The van der Waals surface area contributed by atoms with Crippen LogP contribution in [0.4, 0.5) is 5.82 Å². The lowest BCUT2D eigenvalue weighted by Gasteiger charge is -2.31. The fraction of sp³-hybridized carbons (Fsp3) is 0.600. The first-order chi connectivity index (χ1) is 9.38. The number of carbonyl (C=O) groups excluding carboxylic acids is 1. The standard InChI is InChI=1S/C10H18N6O3S/c11-9(17)6-16-3-1-7(2-4-16)15-20(18,19)8-5-13-14-10(8)12/h5,7,15H,1-4,6H2,(H2,11,17)(H3,12,13,14). The summed E-state index contributed by atoms with van der Waals surface area (Å²) in [4.78, 5) is 12.7. The Labute approximate surface area is 116 Å². The Kier molecular flexibility index (Phi) is 4.26. The molecule has 6 N–H and O–H groups in total. The van der Waals surface area contributed by atoms with Crippen LogP contribution >= 0.6 is 0 Å². The molecule has 9 nitrogen and oxygen atoms in total. The van der Waals surface area contributed by atoms with E-state index in [0.717, 1.165) is 0 Å². The number of nitrogens with one attached hydrogen (secondary N) is 2. The van der Waals surface area contributed by atoms with E-state index in [1.54, 1.807) is 0 Å². The first-order valence-electron chi connectivity index (χ1n) is 6.20. The van der Waals surface area contributed by atoms with Crippen LogP contribution in [0.15, 0.2) is 11.1 Å². The molecule has 0 unspecified atom stereocenters. The minimum absolute atomic E-state index is 0.0173. The topological polar surface area (TPSA) is 147 Å². The molecule has 1 saturated heterocycles. The summed E-state index contributed by atoms with van der Waals surface area (Å²) in [7, 11) is -3.67. The van der Waals surface area contributed by atoms with Crippen molar-refractivity contribution in [2.24, 2.45) is 5.73 Å². The van der Waals surface area contributed by atoms with Crippen LogP contribution in [0.25, 0.3) is 0 Å². The maximum Gasteiger partial charge on any atom is 0.246 e. The van der Waals surface area contributed by atoms with Crippen LogP contribution < -0.4 is 16.2 Å². The van der Waals surface area contributed by atoms with Crippen molar-refractivity contribution >= 4 is 21.7 Å². The third-order valence-electron chi connectivity index (χ3n) is 3.21. The molecule has 0 bridgehead atoms. The number of hydrogen-bond acceptors (Lipinski definition) is 6. The number of aromatic amines is 1. The maximum absolute atomic E-state index is 12.1. The van der Waals surface area contributed by atoms with Crippen molar-refractivity contribution < 1.29 is 13.2 Å². The largest absolute Gasteiger partial charge is 0.383 e. The van der Waals surface area contributed by atoms with Crippen LogP contribution in [0.5, 0.6) is 0 Å². The second-order valence-electron chi connectivity index (χ2n) is 4.79. The highest BCUT2D eigenvalue weighted by molar-refractivity contribution is 7.89. The second-order valence-corrected chi connectivity index (χ2v) is 6.47. The fourth-order valence-electron chi connectivity index (χ4n) is 2.21. The molecule has 112 valence electrons. The highest BCUT2D eigenvalue weighted by atomic mass is 32.2. The Hall–Kier alpha value is -1.65. The number of nitrogens with zero attached hydrogens (tertiary/aromatic N) is 2. The number of aromatic nitrogens is 2. The number of hydrogen-bond donors (Lipinski definition) is 4. The van der Waals surface area contributed by atoms with Gasteiger partial charge < -0.3 is 11.5 Å². The third-order valence-corrected chi connectivity index (χ3v) is 4.76. The van der Waals surface area contributed by atoms with Gasteiger partial charge in [0.05, 0.1) is 12.7 Å². The van der Waals surface area contributed by atoms with E-state index < -0.39 is 10.0 Å². The summed E-state index contributed by atoms with van der Waals surface area (Å²) in [6.45, 7) is 1.45. The molecule has 0 saturated carbocycles. The highest BCUT2D eigenvalue weighted by Gasteiger charge is 2.27. The van der Waals surface area contributed by atoms with E-state index in [2.05, 4.69) is 14.9 Å². The Morgan fingerprint density at radius 2 is 2.15 bits per heavy atom. The number of anilines is 1. The monoisotopic (exact) mass is 302 g/mol. The van der Waals surface area contributed by atoms with Gasteiger partial charge in [0.25, 0.3) is 0 Å². The normalized spacial score (nSPS) is 18.2. The molecular formula is C10H18N6O3S. The Morgan fingerprint density at radius 1 is 1.50 bits per heavy atom. The van der Waals surface area contributed by atoms with Crippen LogP contribution in [0.2, 0.25) is 0 Å². The van der Waals surface area contributed by atoms with Gasteiger partial charge in [-0.3, -0.25) is 14.8 Å². The van der Waals surface area contributed by atoms with E-state index in [9.17, 15) is 13.2 Å². The van der Waals surface area contributed by atoms with Gasteiger partial charge in [-0.15, -0.1) is 0 Å². The summed E-state index contributed by atoms with van der Waals surface area (Å²) < 4.78 is 26.8. The average molecular weight is 302 g/mol. The molecule has 2 heterocycles. The lowest BCUT2D eigenvalue weighted by molar-refractivity contribution is -0.119. The number of H-pyrrole nitrogens is 1. The van der Waals surface area contributed by atoms with Crippen molar-refractivity contribution in [1.82, 2.24) is 19.8 Å². The van der Waals surface area contributed by atoms with Crippen LogP contribution in [0.1, 0.15) is 12.8 Å². The number of piperidine rings is 1. The van der Waals surface area contributed by atoms with E-state index in [0.29, 0.717) is 25.9 Å². The number of rotatable bonds is 5. The molecule has 20 heavy (non-hydrogen) atoms. The molecule has 1 amide bonds. The van der Waals surface area contributed by atoms with Gasteiger partial charge in [-0.05, 0) is 12.8 Å². The predicted molar refractivity (Wildman–Crippen MR) is 72.0 cm³/mol. The summed E-state index contributed by atoms with van der Waals surface area (Å²) in [6, 6.07) is -0.182. The molecule has 0 spiro atoms. The molecule has 2 rings (SSSR count). The van der Waals surface area contributed by atoms with Gasteiger partial charge in [-0.2, -0.15) is 5.10 Å². The molecular weight excluding hydrogens is 284 g/mol. The first-order valence-corrected chi connectivity index (χ1v) is 7.68. The van der Waals surface area contributed by atoms with Crippen molar-refractivity contribution in [3.8, 4) is 0 Å². The van der Waals surface area contributed by atoms with Crippen LogP contribution in [0, 0.1) is 0 Å². The van der Waals surface area contributed by atoms with Crippen molar-refractivity contribution in [1.29, 1.82) is 0 Å². The molecule has 0 atom stereocenters. The van der Waals surface area contributed by atoms with E-state index in [-0.39, 0.29) is 29.2 Å². The number of primary amides is 1.